The fraction of sp³-hybridized carbons (Fsp3) is 0. The van der Waals surface area contributed by atoms with Crippen molar-refractivity contribution in [3.8, 4) is 0 Å². The van der Waals surface area contributed by atoms with Gasteiger partial charge in [-0.15, -0.1) is 4.48 Å². The third kappa shape index (κ3) is 1.51. The Kier molecular flexibility index (Phi) is 2.34. The van der Waals surface area contributed by atoms with Crippen LogP contribution in [0, 0.1) is 0 Å². The van der Waals surface area contributed by atoms with E-state index in [4.69, 9.17) is 0 Å². The Morgan fingerprint density at radius 1 is 1.30 bits per heavy atom. The maximum atomic E-state index is 11.7. The molecule has 0 amide bonds. The minimum atomic E-state index is 0.126. The predicted molar refractivity (Wildman–Crippen MR) is 42.4 cm³/mol. The molecule has 52 valence electrons. The summed E-state index contributed by atoms with van der Waals surface area (Å²) >= 11 is 4.64. The first-order valence-corrected chi connectivity index (χ1v) is 3.21. The van der Waals surface area contributed by atoms with Gasteiger partial charge in [0.25, 0.3) is 0 Å². The van der Waals surface area contributed by atoms with E-state index < -0.39 is 0 Å². The highest BCUT2D eigenvalue weighted by Gasteiger charge is 1.95. The van der Waals surface area contributed by atoms with E-state index in [0.717, 1.165) is 0 Å². The molecule has 1 rings (SSSR count). The Hall–Kier alpha value is -0.960. The minimum absolute atomic E-state index is 0.126. The van der Waals surface area contributed by atoms with Crippen molar-refractivity contribution in [3.63, 3.8) is 0 Å². The average molecular weight is 155 g/mol. The lowest BCUT2D eigenvalue weighted by molar-refractivity contribution is 0.438. The van der Waals surface area contributed by atoms with E-state index in [0.29, 0.717) is 5.56 Å². The van der Waals surface area contributed by atoms with Crippen molar-refractivity contribution >= 4 is 17.2 Å². The van der Waals surface area contributed by atoms with E-state index in [2.05, 4.69) is 12.2 Å². The lowest BCUT2D eigenvalue weighted by atomic mass is 10.2. The molecule has 0 fully saturated rings. The van der Waals surface area contributed by atoms with Crippen molar-refractivity contribution in [3.05, 3.63) is 35.9 Å². The molecule has 0 aromatic heterocycles. The number of hydrogen-bond acceptors (Lipinski definition) is 1. The Morgan fingerprint density at radius 3 is 2.40 bits per heavy atom. The van der Waals surface area contributed by atoms with Gasteiger partial charge in [-0.1, -0.05) is 42.5 Å². The summed E-state index contributed by atoms with van der Waals surface area (Å²) in [6.07, 6.45) is 0. The van der Waals surface area contributed by atoms with Crippen LogP contribution < -0.4 is 5.54 Å². The zero-order chi connectivity index (χ0) is 7.40. The molecule has 0 bridgehead atoms. The molecule has 0 heterocycles. The van der Waals surface area contributed by atoms with Gasteiger partial charge in [0, 0.05) is 5.56 Å². The molecular formula is C7H6FNS. The smallest absolute Gasteiger partial charge is 0.135 e. The van der Waals surface area contributed by atoms with E-state index in [1.54, 1.807) is 24.3 Å². The highest BCUT2D eigenvalue weighted by Crippen LogP contribution is 1.98. The molecule has 0 atom stereocenters. The van der Waals surface area contributed by atoms with Gasteiger partial charge in [-0.05, 0) is 0 Å². The lowest BCUT2D eigenvalue weighted by Gasteiger charge is -1.96. The first-order valence-electron chi connectivity index (χ1n) is 2.80. The van der Waals surface area contributed by atoms with Crippen LogP contribution in [0.5, 0.6) is 0 Å². The molecule has 1 N–H and O–H groups in total. The SMILES string of the molecule is FNC(=S)c1ccccc1. The summed E-state index contributed by atoms with van der Waals surface area (Å²) in [6.45, 7) is 0. The minimum Gasteiger partial charge on any atom is -0.213 e. The van der Waals surface area contributed by atoms with E-state index in [1.807, 2.05) is 6.07 Å². The summed E-state index contributed by atoms with van der Waals surface area (Å²) < 4.78 is 11.7. The van der Waals surface area contributed by atoms with Crippen molar-refractivity contribution in [2.45, 2.75) is 0 Å². The average Bonchev–Trinajstić information content (AvgIpc) is 2.05. The number of thiocarbonyl (C=S) groups is 1. The van der Waals surface area contributed by atoms with Gasteiger partial charge in [0.2, 0.25) is 0 Å². The van der Waals surface area contributed by atoms with Crippen LogP contribution in [0.1, 0.15) is 5.56 Å². The molecule has 0 aliphatic rings. The van der Waals surface area contributed by atoms with Gasteiger partial charge >= 0.3 is 0 Å². The number of benzene rings is 1. The first-order chi connectivity index (χ1) is 4.84. The summed E-state index contributed by atoms with van der Waals surface area (Å²) in [5.74, 6) is 0. The highest BCUT2D eigenvalue weighted by molar-refractivity contribution is 7.80. The summed E-state index contributed by atoms with van der Waals surface area (Å²) in [6, 6.07) is 8.95. The van der Waals surface area contributed by atoms with E-state index in [9.17, 15) is 4.48 Å². The Bertz CT molecular complexity index is 222. The highest BCUT2D eigenvalue weighted by atomic mass is 32.1. The Morgan fingerprint density at radius 2 is 1.90 bits per heavy atom. The number of halogens is 1. The molecule has 0 aliphatic heterocycles. The third-order valence-electron chi connectivity index (χ3n) is 1.12. The van der Waals surface area contributed by atoms with Crippen LogP contribution in [-0.2, 0) is 0 Å². The molecule has 0 spiro atoms. The summed E-state index contributed by atoms with van der Waals surface area (Å²) in [5, 5.41) is 0. The molecule has 1 aromatic carbocycles. The van der Waals surface area contributed by atoms with Gasteiger partial charge in [0.15, 0.2) is 0 Å². The normalized spacial score (nSPS) is 8.90. The second-order valence-corrected chi connectivity index (χ2v) is 2.20. The lowest BCUT2D eigenvalue weighted by Crippen LogP contribution is -2.11. The first kappa shape index (κ1) is 7.15. The molecule has 1 aromatic rings. The van der Waals surface area contributed by atoms with E-state index in [1.165, 1.54) is 5.54 Å². The second-order valence-electron chi connectivity index (χ2n) is 1.79. The standard InChI is InChI=1S/C7H6FNS/c8-9-7(10)6-4-2-1-3-5-6/h1-5H,(H,9,10). The monoisotopic (exact) mass is 155 g/mol. The van der Waals surface area contributed by atoms with Gasteiger partial charge < -0.3 is 0 Å². The van der Waals surface area contributed by atoms with Crippen LogP contribution in [0.3, 0.4) is 0 Å². The molecule has 0 saturated carbocycles. The van der Waals surface area contributed by atoms with Crippen LogP contribution in [0.25, 0.3) is 0 Å². The van der Waals surface area contributed by atoms with Gasteiger partial charge in [-0.3, -0.25) is 0 Å². The molecule has 0 unspecified atom stereocenters. The van der Waals surface area contributed by atoms with Crippen molar-refractivity contribution in [1.82, 2.24) is 5.54 Å². The fourth-order valence-corrected chi connectivity index (χ4v) is 0.780. The topological polar surface area (TPSA) is 12.0 Å². The largest absolute Gasteiger partial charge is 0.213 e. The number of hydrogen-bond donors (Lipinski definition) is 1. The second kappa shape index (κ2) is 3.27. The number of rotatable bonds is 1. The van der Waals surface area contributed by atoms with Gasteiger partial charge in [-0.25, -0.2) is 5.54 Å². The van der Waals surface area contributed by atoms with Crippen LogP contribution >= 0.6 is 12.2 Å². The van der Waals surface area contributed by atoms with E-state index >= 15 is 0 Å². The van der Waals surface area contributed by atoms with E-state index in [-0.39, 0.29) is 4.99 Å². The molecule has 10 heavy (non-hydrogen) atoms. The molecule has 0 aliphatic carbocycles. The molecular weight excluding hydrogens is 149 g/mol. The van der Waals surface area contributed by atoms with Gasteiger partial charge in [-0.2, -0.15) is 0 Å². The third-order valence-corrected chi connectivity index (χ3v) is 1.43. The molecule has 1 nitrogen and oxygen atoms in total. The summed E-state index contributed by atoms with van der Waals surface area (Å²) in [5.41, 5.74) is 2.11. The van der Waals surface area contributed by atoms with Crippen molar-refractivity contribution in [2.75, 3.05) is 0 Å². The predicted octanol–water partition coefficient (Wildman–Crippen LogP) is 1.84. The van der Waals surface area contributed by atoms with Crippen LogP contribution in [0.15, 0.2) is 30.3 Å². The molecule has 3 heteroatoms. The van der Waals surface area contributed by atoms with Crippen LogP contribution in [0.4, 0.5) is 4.48 Å². The van der Waals surface area contributed by atoms with Crippen molar-refractivity contribution < 1.29 is 4.48 Å². The van der Waals surface area contributed by atoms with Gasteiger partial charge in [0.1, 0.15) is 4.99 Å². The number of nitrogens with one attached hydrogen (secondary N) is 1. The Labute approximate surface area is 63.8 Å². The summed E-state index contributed by atoms with van der Waals surface area (Å²) in [7, 11) is 0. The maximum absolute atomic E-state index is 11.7. The van der Waals surface area contributed by atoms with Gasteiger partial charge in [0.05, 0.1) is 0 Å². The zero-order valence-electron chi connectivity index (χ0n) is 5.17. The molecule has 0 saturated heterocycles. The fourth-order valence-electron chi connectivity index (χ4n) is 0.644. The Balaban J connectivity index is 2.85. The zero-order valence-corrected chi connectivity index (χ0v) is 5.99. The quantitative estimate of drug-likeness (QED) is 0.490. The molecule has 0 radical (unpaired) electrons. The van der Waals surface area contributed by atoms with Crippen LogP contribution in [-0.4, -0.2) is 4.99 Å². The van der Waals surface area contributed by atoms with Crippen molar-refractivity contribution in [2.24, 2.45) is 0 Å². The van der Waals surface area contributed by atoms with Crippen molar-refractivity contribution in [1.29, 1.82) is 0 Å². The van der Waals surface area contributed by atoms with Crippen LogP contribution in [0.2, 0.25) is 0 Å². The maximum Gasteiger partial charge on any atom is 0.135 e. The summed E-state index contributed by atoms with van der Waals surface area (Å²) in [4.78, 5) is 0.126.